The number of ether oxygens (including phenoxy) is 1. The molecule has 0 aliphatic rings. The summed E-state index contributed by atoms with van der Waals surface area (Å²) in [5.41, 5.74) is 8.53. The van der Waals surface area contributed by atoms with Gasteiger partial charge in [-0.1, -0.05) is 11.6 Å². The Balaban J connectivity index is 2.34. The average molecular weight is 327 g/mol. The van der Waals surface area contributed by atoms with Crippen LogP contribution in [-0.4, -0.2) is 0 Å². The van der Waals surface area contributed by atoms with Crippen LogP contribution >= 0.6 is 27.5 Å². The molecule has 0 aromatic heterocycles. The lowest BCUT2D eigenvalue weighted by molar-refractivity contribution is 0.479. The van der Waals surface area contributed by atoms with Crippen molar-refractivity contribution in [2.45, 2.75) is 13.8 Å². The number of anilines is 1. The van der Waals surface area contributed by atoms with Crippen LogP contribution in [0.3, 0.4) is 0 Å². The first-order valence-electron chi connectivity index (χ1n) is 5.47. The second-order valence-corrected chi connectivity index (χ2v) is 5.41. The van der Waals surface area contributed by atoms with Crippen LogP contribution in [-0.2, 0) is 0 Å². The van der Waals surface area contributed by atoms with Crippen molar-refractivity contribution in [3.05, 3.63) is 51.0 Å². The van der Waals surface area contributed by atoms with Crippen molar-refractivity contribution < 1.29 is 4.74 Å². The van der Waals surface area contributed by atoms with Gasteiger partial charge in [0.05, 0.1) is 4.47 Å². The highest BCUT2D eigenvalue weighted by Crippen LogP contribution is 2.34. The van der Waals surface area contributed by atoms with Crippen molar-refractivity contribution in [1.82, 2.24) is 0 Å². The maximum atomic E-state index is 5.98. The van der Waals surface area contributed by atoms with Crippen LogP contribution in [0.5, 0.6) is 11.5 Å². The zero-order valence-corrected chi connectivity index (χ0v) is 12.5. The predicted octanol–water partition coefficient (Wildman–Crippen LogP) is 5.09. The first-order valence-corrected chi connectivity index (χ1v) is 6.64. The smallest absolute Gasteiger partial charge is 0.142 e. The fraction of sp³-hybridized carbons (Fsp3) is 0.143. The Morgan fingerprint density at radius 1 is 1.11 bits per heavy atom. The molecular formula is C14H13BrClNO. The highest BCUT2D eigenvalue weighted by Gasteiger charge is 2.07. The number of rotatable bonds is 2. The lowest BCUT2D eigenvalue weighted by Gasteiger charge is -2.11. The molecule has 18 heavy (non-hydrogen) atoms. The Morgan fingerprint density at radius 3 is 2.50 bits per heavy atom. The first-order chi connectivity index (χ1) is 8.47. The molecule has 0 saturated carbocycles. The van der Waals surface area contributed by atoms with E-state index in [0.717, 1.165) is 37.8 Å². The van der Waals surface area contributed by atoms with E-state index in [9.17, 15) is 0 Å². The number of benzene rings is 2. The van der Waals surface area contributed by atoms with E-state index in [2.05, 4.69) is 15.9 Å². The van der Waals surface area contributed by atoms with Crippen molar-refractivity contribution in [2.75, 3.05) is 5.73 Å². The molecule has 0 fully saturated rings. The maximum absolute atomic E-state index is 5.98. The lowest BCUT2D eigenvalue weighted by atomic mass is 10.2. The monoisotopic (exact) mass is 325 g/mol. The lowest BCUT2D eigenvalue weighted by Crippen LogP contribution is -1.92. The minimum Gasteiger partial charge on any atom is -0.456 e. The molecule has 0 amide bonds. The summed E-state index contributed by atoms with van der Waals surface area (Å²) in [6, 6.07) is 9.31. The predicted molar refractivity (Wildman–Crippen MR) is 79.6 cm³/mol. The zero-order chi connectivity index (χ0) is 13.3. The fourth-order valence-corrected chi connectivity index (χ4v) is 2.12. The topological polar surface area (TPSA) is 35.2 Å². The van der Waals surface area contributed by atoms with Gasteiger partial charge in [-0.25, -0.2) is 0 Å². The van der Waals surface area contributed by atoms with E-state index in [0.29, 0.717) is 0 Å². The third-order valence-electron chi connectivity index (χ3n) is 2.68. The summed E-state index contributed by atoms with van der Waals surface area (Å²) in [5, 5.41) is 0.731. The summed E-state index contributed by atoms with van der Waals surface area (Å²) in [7, 11) is 0. The number of halogens is 2. The van der Waals surface area contributed by atoms with Gasteiger partial charge in [0.2, 0.25) is 0 Å². The van der Waals surface area contributed by atoms with Crippen LogP contribution in [0.15, 0.2) is 34.8 Å². The fourth-order valence-electron chi connectivity index (χ4n) is 1.56. The van der Waals surface area contributed by atoms with Crippen LogP contribution in [0.25, 0.3) is 0 Å². The summed E-state index contributed by atoms with van der Waals surface area (Å²) >= 11 is 9.42. The second-order valence-electron chi connectivity index (χ2n) is 4.15. The van der Waals surface area contributed by atoms with Crippen LogP contribution in [0.2, 0.25) is 5.02 Å². The molecule has 2 N–H and O–H groups in total. The average Bonchev–Trinajstić information content (AvgIpc) is 2.31. The molecule has 0 aliphatic carbocycles. The first kappa shape index (κ1) is 13.2. The summed E-state index contributed by atoms with van der Waals surface area (Å²) in [6.07, 6.45) is 0. The quantitative estimate of drug-likeness (QED) is 0.780. The molecule has 0 saturated heterocycles. The van der Waals surface area contributed by atoms with Crippen molar-refractivity contribution in [2.24, 2.45) is 0 Å². The van der Waals surface area contributed by atoms with E-state index < -0.39 is 0 Å². The van der Waals surface area contributed by atoms with Crippen molar-refractivity contribution in [3.63, 3.8) is 0 Å². The third-order valence-corrected chi connectivity index (χ3v) is 3.72. The molecular weight excluding hydrogens is 314 g/mol. The number of hydrogen-bond donors (Lipinski definition) is 1. The Labute approximate surface area is 120 Å². The van der Waals surface area contributed by atoms with Gasteiger partial charge in [-0.3, -0.25) is 0 Å². The summed E-state index contributed by atoms with van der Waals surface area (Å²) in [6.45, 7) is 3.89. The molecule has 4 heteroatoms. The van der Waals surface area contributed by atoms with Gasteiger partial charge < -0.3 is 10.5 Å². The number of nitrogens with two attached hydrogens (primary N) is 1. The molecule has 0 atom stereocenters. The Bertz CT molecular complexity index is 599. The zero-order valence-electron chi connectivity index (χ0n) is 10.1. The number of nitrogen functional groups attached to an aromatic ring is 1. The minimum absolute atomic E-state index is 0.731. The van der Waals surface area contributed by atoms with Gasteiger partial charge >= 0.3 is 0 Å². The summed E-state index contributed by atoms with van der Waals surface area (Å²) in [5.74, 6) is 1.49. The van der Waals surface area contributed by atoms with E-state index in [1.165, 1.54) is 0 Å². The van der Waals surface area contributed by atoms with E-state index in [-0.39, 0.29) is 0 Å². The van der Waals surface area contributed by atoms with Gasteiger partial charge in [0.25, 0.3) is 0 Å². The maximum Gasteiger partial charge on any atom is 0.142 e. The van der Waals surface area contributed by atoms with Crippen LogP contribution < -0.4 is 10.5 Å². The highest BCUT2D eigenvalue weighted by molar-refractivity contribution is 9.10. The van der Waals surface area contributed by atoms with Crippen molar-refractivity contribution >= 4 is 33.2 Å². The number of hydrogen-bond acceptors (Lipinski definition) is 2. The molecule has 2 aromatic rings. The standard InChI is InChI=1S/C14H13BrClNO/c1-8-5-10(3-4-12(8)16)18-14-6-9(2)13(17)7-11(14)15/h3-7H,17H2,1-2H3. The molecule has 0 bridgehead atoms. The van der Waals surface area contributed by atoms with Crippen molar-refractivity contribution in [1.29, 1.82) is 0 Å². The largest absolute Gasteiger partial charge is 0.456 e. The molecule has 0 spiro atoms. The van der Waals surface area contributed by atoms with Gasteiger partial charge in [-0.15, -0.1) is 0 Å². The van der Waals surface area contributed by atoms with Crippen molar-refractivity contribution in [3.8, 4) is 11.5 Å². The highest BCUT2D eigenvalue weighted by atomic mass is 79.9. The van der Waals surface area contributed by atoms with Crippen LogP contribution in [0.4, 0.5) is 5.69 Å². The molecule has 0 heterocycles. The minimum atomic E-state index is 0.731. The summed E-state index contributed by atoms with van der Waals surface area (Å²) < 4.78 is 6.65. The molecule has 94 valence electrons. The van der Waals surface area contributed by atoms with Crippen LogP contribution in [0.1, 0.15) is 11.1 Å². The van der Waals surface area contributed by atoms with Crippen LogP contribution in [0, 0.1) is 13.8 Å². The Morgan fingerprint density at radius 2 is 1.83 bits per heavy atom. The van der Waals surface area contributed by atoms with E-state index >= 15 is 0 Å². The molecule has 2 rings (SSSR count). The Hall–Kier alpha value is -1.19. The molecule has 0 radical (unpaired) electrons. The van der Waals surface area contributed by atoms with E-state index in [4.69, 9.17) is 22.1 Å². The van der Waals surface area contributed by atoms with Gasteiger partial charge in [0.1, 0.15) is 11.5 Å². The SMILES string of the molecule is Cc1cc(Oc2ccc(Cl)c(C)c2)c(Br)cc1N. The molecule has 2 nitrogen and oxygen atoms in total. The van der Waals surface area contributed by atoms with Gasteiger partial charge in [-0.2, -0.15) is 0 Å². The summed E-state index contributed by atoms with van der Waals surface area (Å²) in [4.78, 5) is 0. The second kappa shape index (κ2) is 5.21. The van der Waals surface area contributed by atoms with Gasteiger partial charge in [-0.05, 0) is 71.2 Å². The van der Waals surface area contributed by atoms with E-state index in [1.807, 2.05) is 44.2 Å². The normalized spacial score (nSPS) is 10.4. The van der Waals surface area contributed by atoms with E-state index in [1.54, 1.807) is 0 Å². The molecule has 2 aromatic carbocycles. The third kappa shape index (κ3) is 2.79. The molecule has 0 unspecified atom stereocenters. The number of aryl methyl sites for hydroxylation is 2. The molecule has 0 aliphatic heterocycles. The van der Waals surface area contributed by atoms with Gasteiger partial charge in [0, 0.05) is 10.7 Å². The van der Waals surface area contributed by atoms with Gasteiger partial charge in [0.15, 0.2) is 0 Å². The Kier molecular flexibility index (Phi) is 3.83.